The summed E-state index contributed by atoms with van der Waals surface area (Å²) in [6.07, 6.45) is 0.636. The van der Waals surface area contributed by atoms with Crippen LogP contribution in [0.3, 0.4) is 0 Å². The minimum absolute atomic E-state index is 0.0739. The fraction of sp³-hybridized carbons (Fsp3) is 0.462. The Balaban J connectivity index is 2.69. The fourth-order valence-corrected chi connectivity index (χ4v) is 1.50. The van der Waals surface area contributed by atoms with Crippen LogP contribution < -0.4 is 15.8 Å². The highest BCUT2D eigenvalue weighted by Gasteiger charge is 2.14. The fourth-order valence-electron chi connectivity index (χ4n) is 1.50. The minimum atomic E-state index is -0.442. The van der Waals surface area contributed by atoms with Crippen molar-refractivity contribution >= 4 is 5.91 Å². The van der Waals surface area contributed by atoms with Gasteiger partial charge in [-0.1, -0.05) is 19.1 Å². The van der Waals surface area contributed by atoms with E-state index in [-0.39, 0.29) is 11.9 Å². The zero-order chi connectivity index (χ0) is 12.8. The summed E-state index contributed by atoms with van der Waals surface area (Å²) in [5.74, 6) is 0.659. The summed E-state index contributed by atoms with van der Waals surface area (Å²) >= 11 is 0. The number of amides is 1. The van der Waals surface area contributed by atoms with Gasteiger partial charge in [0.25, 0.3) is 0 Å². The van der Waals surface area contributed by atoms with Crippen LogP contribution in [0.4, 0.5) is 0 Å². The summed E-state index contributed by atoms with van der Waals surface area (Å²) in [5.41, 5.74) is 6.66. The molecule has 2 atom stereocenters. The lowest BCUT2D eigenvalue weighted by atomic mass is 10.1. The average Bonchev–Trinajstić information content (AvgIpc) is 2.37. The molecule has 1 amide bonds. The monoisotopic (exact) mass is 236 g/mol. The van der Waals surface area contributed by atoms with Gasteiger partial charge in [-0.3, -0.25) is 4.79 Å². The van der Waals surface area contributed by atoms with Crippen molar-refractivity contribution < 1.29 is 9.53 Å². The predicted molar refractivity (Wildman–Crippen MR) is 67.8 cm³/mol. The summed E-state index contributed by atoms with van der Waals surface area (Å²) in [5, 5.41) is 2.88. The first kappa shape index (κ1) is 13.5. The quantitative estimate of drug-likeness (QED) is 0.816. The summed E-state index contributed by atoms with van der Waals surface area (Å²) in [6.45, 7) is 3.81. The number of hydrogen-bond donors (Lipinski definition) is 2. The smallest absolute Gasteiger partial charge is 0.237 e. The summed E-state index contributed by atoms with van der Waals surface area (Å²) in [7, 11) is 1.62. The molecule has 1 aromatic carbocycles. The topological polar surface area (TPSA) is 64.4 Å². The Labute approximate surface area is 102 Å². The second kappa shape index (κ2) is 6.25. The molecule has 1 aromatic rings. The first-order valence-corrected chi connectivity index (χ1v) is 5.78. The van der Waals surface area contributed by atoms with Crippen LogP contribution in [0, 0.1) is 0 Å². The van der Waals surface area contributed by atoms with E-state index in [0.29, 0.717) is 6.42 Å². The Morgan fingerprint density at radius 3 is 2.82 bits per heavy atom. The van der Waals surface area contributed by atoms with Gasteiger partial charge in [-0.25, -0.2) is 0 Å². The lowest BCUT2D eigenvalue weighted by Crippen LogP contribution is -2.41. The molecule has 0 unspecified atom stereocenters. The van der Waals surface area contributed by atoms with Gasteiger partial charge in [0.05, 0.1) is 19.2 Å². The first-order valence-electron chi connectivity index (χ1n) is 5.78. The lowest BCUT2D eigenvalue weighted by Gasteiger charge is -2.17. The third-order valence-electron chi connectivity index (χ3n) is 2.73. The second-order valence-electron chi connectivity index (χ2n) is 4.02. The highest BCUT2D eigenvalue weighted by atomic mass is 16.5. The van der Waals surface area contributed by atoms with Crippen LogP contribution in [0.5, 0.6) is 5.75 Å². The van der Waals surface area contributed by atoms with Gasteiger partial charge in [0.2, 0.25) is 5.91 Å². The predicted octanol–water partition coefficient (Wildman–Crippen LogP) is 1.61. The van der Waals surface area contributed by atoms with Crippen LogP contribution in [-0.2, 0) is 4.79 Å². The second-order valence-corrected chi connectivity index (χ2v) is 4.02. The maximum absolute atomic E-state index is 11.6. The molecule has 0 saturated heterocycles. The van der Waals surface area contributed by atoms with Gasteiger partial charge in [-0.2, -0.15) is 0 Å². The van der Waals surface area contributed by atoms with Crippen LogP contribution in [0.15, 0.2) is 24.3 Å². The Hall–Kier alpha value is -1.55. The Morgan fingerprint density at radius 1 is 1.53 bits per heavy atom. The van der Waals surface area contributed by atoms with Gasteiger partial charge in [-0.05, 0) is 31.0 Å². The minimum Gasteiger partial charge on any atom is -0.497 e. The number of hydrogen-bond acceptors (Lipinski definition) is 3. The number of carbonyl (C=O) groups excluding carboxylic acids is 1. The highest BCUT2D eigenvalue weighted by molar-refractivity contribution is 5.81. The van der Waals surface area contributed by atoms with Crippen LogP contribution >= 0.6 is 0 Å². The number of carbonyl (C=O) groups is 1. The van der Waals surface area contributed by atoms with Gasteiger partial charge >= 0.3 is 0 Å². The van der Waals surface area contributed by atoms with Crippen molar-refractivity contribution in [2.75, 3.05) is 7.11 Å². The lowest BCUT2D eigenvalue weighted by molar-refractivity contribution is -0.123. The number of nitrogens with two attached hydrogens (primary N) is 1. The summed E-state index contributed by atoms with van der Waals surface area (Å²) in [6, 6.07) is 7.11. The van der Waals surface area contributed by atoms with E-state index in [1.165, 1.54) is 0 Å². The zero-order valence-corrected chi connectivity index (χ0v) is 10.6. The number of nitrogens with one attached hydrogen (secondary N) is 1. The molecule has 0 spiro atoms. The van der Waals surface area contributed by atoms with Gasteiger partial charge in [0, 0.05) is 0 Å². The molecular formula is C13H20N2O2. The molecule has 0 radical (unpaired) electrons. The van der Waals surface area contributed by atoms with E-state index in [9.17, 15) is 4.79 Å². The van der Waals surface area contributed by atoms with E-state index in [2.05, 4.69) is 5.32 Å². The Morgan fingerprint density at radius 2 is 2.24 bits per heavy atom. The highest BCUT2D eigenvalue weighted by Crippen LogP contribution is 2.18. The molecule has 0 fully saturated rings. The number of ether oxygens (including phenoxy) is 1. The van der Waals surface area contributed by atoms with Crippen LogP contribution in [-0.4, -0.2) is 19.1 Å². The SMILES string of the molecule is CC[C@H](N)C(=O)N[C@@H](C)c1cccc(OC)c1. The Bertz CT molecular complexity index is 379. The van der Waals surface area contributed by atoms with Crippen molar-refractivity contribution in [1.82, 2.24) is 5.32 Å². The van der Waals surface area contributed by atoms with Crippen molar-refractivity contribution in [3.05, 3.63) is 29.8 Å². The van der Waals surface area contributed by atoms with Gasteiger partial charge in [0.1, 0.15) is 5.75 Å². The van der Waals surface area contributed by atoms with Crippen molar-refractivity contribution in [2.24, 2.45) is 5.73 Å². The van der Waals surface area contributed by atoms with Gasteiger partial charge < -0.3 is 15.8 Å². The molecule has 0 aliphatic rings. The molecule has 0 aromatic heterocycles. The molecule has 0 aliphatic heterocycles. The Kier molecular flexibility index (Phi) is 4.97. The van der Waals surface area contributed by atoms with E-state index in [4.69, 9.17) is 10.5 Å². The third kappa shape index (κ3) is 3.75. The molecule has 0 saturated carbocycles. The number of benzene rings is 1. The molecule has 94 valence electrons. The number of methoxy groups -OCH3 is 1. The van der Waals surface area contributed by atoms with Crippen molar-refractivity contribution in [2.45, 2.75) is 32.4 Å². The van der Waals surface area contributed by atoms with Gasteiger partial charge in [0.15, 0.2) is 0 Å². The van der Waals surface area contributed by atoms with E-state index in [1.54, 1.807) is 7.11 Å². The maximum Gasteiger partial charge on any atom is 0.237 e. The molecular weight excluding hydrogens is 216 g/mol. The molecule has 0 heterocycles. The molecule has 0 aliphatic carbocycles. The number of rotatable bonds is 5. The maximum atomic E-state index is 11.6. The standard InChI is InChI=1S/C13H20N2O2/c1-4-12(14)13(16)15-9(2)10-6-5-7-11(8-10)17-3/h5-9,12H,4,14H2,1-3H3,(H,15,16)/t9-,12-/m0/s1. The summed E-state index contributed by atoms with van der Waals surface area (Å²) < 4.78 is 5.14. The van der Waals surface area contributed by atoms with Gasteiger partial charge in [-0.15, -0.1) is 0 Å². The molecule has 3 N–H and O–H groups in total. The third-order valence-corrected chi connectivity index (χ3v) is 2.73. The normalized spacial score (nSPS) is 13.9. The molecule has 4 heteroatoms. The molecule has 4 nitrogen and oxygen atoms in total. The van der Waals surface area contributed by atoms with Crippen molar-refractivity contribution in [1.29, 1.82) is 0 Å². The van der Waals surface area contributed by atoms with Crippen LogP contribution in [0.1, 0.15) is 31.9 Å². The zero-order valence-electron chi connectivity index (χ0n) is 10.6. The summed E-state index contributed by atoms with van der Waals surface area (Å²) in [4.78, 5) is 11.6. The van der Waals surface area contributed by atoms with E-state index in [1.807, 2.05) is 38.1 Å². The van der Waals surface area contributed by atoms with Crippen LogP contribution in [0.25, 0.3) is 0 Å². The molecule has 17 heavy (non-hydrogen) atoms. The van der Waals surface area contributed by atoms with E-state index in [0.717, 1.165) is 11.3 Å². The first-order chi connectivity index (χ1) is 8.08. The van der Waals surface area contributed by atoms with E-state index < -0.39 is 6.04 Å². The van der Waals surface area contributed by atoms with E-state index >= 15 is 0 Å². The average molecular weight is 236 g/mol. The van der Waals surface area contributed by atoms with Crippen molar-refractivity contribution in [3.8, 4) is 5.75 Å². The molecule has 0 bridgehead atoms. The molecule has 1 rings (SSSR count). The van der Waals surface area contributed by atoms with Crippen molar-refractivity contribution in [3.63, 3.8) is 0 Å². The largest absolute Gasteiger partial charge is 0.497 e. The van der Waals surface area contributed by atoms with Crippen LogP contribution in [0.2, 0.25) is 0 Å².